The van der Waals surface area contributed by atoms with Crippen molar-refractivity contribution in [2.45, 2.75) is 0 Å². The van der Waals surface area contributed by atoms with Crippen LogP contribution < -0.4 is 0 Å². The maximum atomic E-state index is 14.7. The van der Waals surface area contributed by atoms with Gasteiger partial charge in [0.25, 0.3) is 0 Å². The predicted octanol–water partition coefficient (Wildman–Crippen LogP) is 9.91. The Hall–Kier alpha value is -7.28. The highest BCUT2D eigenvalue weighted by molar-refractivity contribution is 5.94. The second kappa shape index (κ2) is 14.5. The van der Waals surface area contributed by atoms with E-state index in [9.17, 15) is 32.3 Å². The van der Waals surface area contributed by atoms with Crippen LogP contribution in [-0.4, -0.2) is 36.9 Å². The van der Waals surface area contributed by atoms with E-state index >= 15 is 0 Å². The van der Waals surface area contributed by atoms with E-state index in [1.165, 1.54) is 101 Å². The quantitative estimate of drug-likeness (QED) is 0.123. The first-order chi connectivity index (χ1) is 25.7. The Morgan fingerprint density at radius 2 is 1.11 bits per heavy atom. The molecule has 53 heavy (non-hydrogen) atoms. The number of rotatable bonds is 8. The highest BCUT2D eigenvalue weighted by atomic mass is 19.1. The Morgan fingerprint density at radius 1 is 0.642 bits per heavy atom. The second-order valence-corrected chi connectivity index (χ2v) is 11.4. The third-order valence-corrected chi connectivity index (χ3v) is 8.14. The van der Waals surface area contributed by atoms with Crippen LogP contribution in [0.5, 0.6) is 0 Å². The number of aromatic carboxylic acids is 1. The summed E-state index contributed by atoms with van der Waals surface area (Å²) >= 11 is 0. The number of carboxylic acids is 1. The minimum Gasteiger partial charge on any atom is -0.478 e. The summed E-state index contributed by atoms with van der Waals surface area (Å²) in [6, 6.07) is 26.6. The Balaban J connectivity index is 0.000000181. The number of carbonyl (C=O) groups excluding carboxylic acids is 1. The van der Waals surface area contributed by atoms with Crippen molar-refractivity contribution in [2.75, 3.05) is 0 Å². The molecular weight excluding hydrogens is 692 g/mol. The van der Waals surface area contributed by atoms with Crippen LogP contribution in [0, 0.1) is 23.3 Å². The minimum atomic E-state index is -1.17. The number of aldehydes is 1. The standard InChI is InChI=1S/C20H12F2N2O3.C20H12F2N2O2.H2/c21-13-5-3-12(4-6-13)15-8-7-14(10-17(15)22)24-19(18-2-1-9-27-18)16(11-23-24)20(25)26;21-15-5-3-13(4-6-15)17-8-7-16(10-18(17)22)24-20(14(12-25)11-23-24)19-2-1-9-26-19;/h1-11H,(H,25,26);1-12H;1H. The van der Waals surface area contributed by atoms with Crippen molar-refractivity contribution < 1.29 is 42.5 Å². The summed E-state index contributed by atoms with van der Waals surface area (Å²) < 4.78 is 68.9. The number of halogens is 4. The third-order valence-electron chi connectivity index (χ3n) is 8.14. The predicted molar refractivity (Wildman–Crippen MR) is 188 cm³/mol. The number of hydrogen-bond acceptors (Lipinski definition) is 6. The molecule has 0 bridgehead atoms. The summed E-state index contributed by atoms with van der Waals surface area (Å²) in [7, 11) is 0. The molecule has 0 amide bonds. The van der Waals surface area contributed by atoms with Crippen LogP contribution in [0.2, 0.25) is 0 Å². The molecule has 0 fully saturated rings. The Labute approximate surface area is 299 Å². The van der Waals surface area contributed by atoms with E-state index in [1.54, 1.807) is 42.5 Å². The van der Waals surface area contributed by atoms with Gasteiger partial charge in [-0.25, -0.2) is 31.7 Å². The molecule has 4 heterocycles. The van der Waals surface area contributed by atoms with Crippen LogP contribution in [-0.2, 0) is 0 Å². The van der Waals surface area contributed by atoms with Crippen molar-refractivity contribution in [3.63, 3.8) is 0 Å². The second-order valence-electron chi connectivity index (χ2n) is 11.4. The molecular formula is C40H26F4N4O5. The lowest BCUT2D eigenvalue weighted by Crippen LogP contribution is -2.03. The molecule has 4 aromatic heterocycles. The number of benzene rings is 4. The lowest BCUT2D eigenvalue weighted by Gasteiger charge is -2.09. The maximum Gasteiger partial charge on any atom is 0.339 e. The number of carbonyl (C=O) groups is 2. The van der Waals surface area contributed by atoms with E-state index < -0.39 is 23.4 Å². The van der Waals surface area contributed by atoms with Crippen molar-refractivity contribution in [3.8, 4) is 56.5 Å². The van der Waals surface area contributed by atoms with Gasteiger partial charge in [0.15, 0.2) is 17.8 Å². The molecule has 4 aromatic carbocycles. The van der Waals surface area contributed by atoms with Gasteiger partial charge in [-0.3, -0.25) is 4.79 Å². The fraction of sp³-hybridized carbons (Fsp3) is 0. The van der Waals surface area contributed by atoms with Crippen LogP contribution in [0.1, 0.15) is 22.1 Å². The van der Waals surface area contributed by atoms with Crippen LogP contribution >= 0.6 is 0 Å². The zero-order valence-electron chi connectivity index (χ0n) is 27.2. The topological polar surface area (TPSA) is 116 Å². The van der Waals surface area contributed by atoms with E-state index in [0.717, 1.165) is 0 Å². The molecule has 0 spiro atoms. The number of carboxylic acid groups (broad SMARTS) is 1. The maximum absolute atomic E-state index is 14.7. The number of furan rings is 2. The summed E-state index contributed by atoms with van der Waals surface area (Å²) in [5, 5.41) is 17.7. The highest BCUT2D eigenvalue weighted by Gasteiger charge is 2.22. The van der Waals surface area contributed by atoms with Crippen molar-refractivity contribution in [1.82, 2.24) is 19.6 Å². The molecule has 0 aliphatic carbocycles. The molecule has 1 N–H and O–H groups in total. The Kier molecular flexibility index (Phi) is 9.37. The zero-order valence-corrected chi connectivity index (χ0v) is 27.2. The van der Waals surface area contributed by atoms with Crippen LogP contribution in [0.25, 0.3) is 56.5 Å². The minimum absolute atomic E-state index is 0. The number of nitrogens with zero attached hydrogens (tertiary/aromatic N) is 4. The van der Waals surface area contributed by atoms with Gasteiger partial charge in [0, 0.05) is 24.7 Å². The zero-order chi connectivity index (χ0) is 37.1. The fourth-order valence-corrected chi connectivity index (χ4v) is 5.65. The van der Waals surface area contributed by atoms with Gasteiger partial charge in [0.2, 0.25) is 0 Å². The van der Waals surface area contributed by atoms with E-state index in [2.05, 4.69) is 10.2 Å². The van der Waals surface area contributed by atoms with Gasteiger partial charge < -0.3 is 13.9 Å². The molecule has 9 nitrogen and oxygen atoms in total. The van der Waals surface area contributed by atoms with Gasteiger partial charge in [-0.15, -0.1) is 0 Å². The molecule has 0 saturated carbocycles. The first kappa shape index (κ1) is 34.2. The summed E-state index contributed by atoms with van der Waals surface area (Å²) in [4.78, 5) is 22.8. The van der Waals surface area contributed by atoms with Crippen molar-refractivity contribution >= 4 is 12.3 Å². The average molecular weight is 719 g/mol. The SMILES string of the molecule is O=C(O)c1cnn(-c2ccc(-c3ccc(F)cc3)c(F)c2)c1-c1ccco1.O=Cc1cnn(-c2ccc(-c3ccc(F)cc3)c(F)c2)c1-c1ccco1.[HH]. The lowest BCUT2D eigenvalue weighted by atomic mass is 10.0. The van der Waals surface area contributed by atoms with Crippen molar-refractivity contribution in [2.24, 2.45) is 0 Å². The normalized spacial score (nSPS) is 10.9. The van der Waals surface area contributed by atoms with Crippen LogP contribution in [0.15, 0.2) is 143 Å². The van der Waals surface area contributed by atoms with Crippen molar-refractivity contribution in [3.05, 3.63) is 169 Å². The molecule has 8 rings (SSSR count). The van der Waals surface area contributed by atoms with E-state index in [1.807, 2.05) is 0 Å². The van der Waals surface area contributed by atoms with Gasteiger partial charge >= 0.3 is 5.97 Å². The number of hydrogen-bond donors (Lipinski definition) is 1. The van der Waals surface area contributed by atoms with Crippen molar-refractivity contribution in [1.29, 1.82) is 0 Å². The summed E-state index contributed by atoms with van der Waals surface area (Å²) in [5.41, 5.74) is 3.43. The molecule has 0 unspecified atom stereocenters. The number of aromatic nitrogens is 4. The Bertz CT molecular complexity index is 2550. The largest absolute Gasteiger partial charge is 0.478 e. The van der Waals surface area contributed by atoms with Gasteiger partial charge in [-0.05, 0) is 83.9 Å². The molecule has 0 saturated heterocycles. The fourth-order valence-electron chi connectivity index (χ4n) is 5.65. The van der Waals surface area contributed by atoms with E-state index in [0.29, 0.717) is 62.7 Å². The molecule has 264 valence electrons. The third kappa shape index (κ3) is 6.90. The molecule has 0 aliphatic rings. The molecule has 0 atom stereocenters. The molecule has 13 heteroatoms. The van der Waals surface area contributed by atoms with Crippen LogP contribution in [0.3, 0.4) is 0 Å². The van der Waals surface area contributed by atoms with Gasteiger partial charge in [0.05, 0.1) is 41.9 Å². The first-order valence-corrected chi connectivity index (χ1v) is 15.8. The molecule has 0 radical (unpaired) electrons. The van der Waals surface area contributed by atoms with E-state index in [-0.39, 0.29) is 18.5 Å². The van der Waals surface area contributed by atoms with Gasteiger partial charge in [0.1, 0.15) is 40.2 Å². The Morgan fingerprint density at radius 3 is 1.55 bits per heavy atom. The summed E-state index contributed by atoms with van der Waals surface area (Å²) in [6.07, 6.45) is 6.16. The summed E-state index contributed by atoms with van der Waals surface area (Å²) in [5.74, 6) is -2.24. The molecule has 0 aliphatic heterocycles. The smallest absolute Gasteiger partial charge is 0.339 e. The lowest BCUT2D eigenvalue weighted by molar-refractivity contribution is 0.0697. The molecule has 8 aromatic rings. The highest BCUT2D eigenvalue weighted by Crippen LogP contribution is 2.32. The summed E-state index contributed by atoms with van der Waals surface area (Å²) in [6.45, 7) is 0. The average Bonchev–Trinajstić information content (AvgIpc) is 3.99. The van der Waals surface area contributed by atoms with Crippen LogP contribution in [0.4, 0.5) is 17.6 Å². The van der Waals surface area contributed by atoms with Gasteiger partial charge in [-0.2, -0.15) is 10.2 Å². The van der Waals surface area contributed by atoms with Gasteiger partial charge in [-0.1, -0.05) is 24.3 Å². The first-order valence-electron chi connectivity index (χ1n) is 15.8. The van der Waals surface area contributed by atoms with E-state index in [4.69, 9.17) is 8.83 Å². The monoisotopic (exact) mass is 718 g/mol.